The summed E-state index contributed by atoms with van der Waals surface area (Å²) in [6.07, 6.45) is 8.49. The average molecular weight is 364 g/mol. The van der Waals surface area contributed by atoms with Crippen LogP contribution in [0.25, 0.3) is 6.08 Å². The van der Waals surface area contributed by atoms with Crippen LogP contribution < -0.4 is 4.74 Å². The third-order valence-electron chi connectivity index (χ3n) is 5.86. The Hall–Kier alpha value is -2.63. The van der Waals surface area contributed by atoms with E-state index in [0.717, 1.165) is 67.3 Å². The standard InChI is InChI=1S/C21H24N4O2/c26-21(16-13-15-7-3-4-9-18(15)27-14-16)24-12-6-8-17(24)20-23-22-19-10-2-1-5-11-25(19)20/h3-4,7,9,13,17H,1-2,5-6,8,10-12,14H2. The third-order valence-corrected chi connectivity index (χ3v) is 5.86. The molecular weight excluding hydrogens is 340 g/mol. The molecule has 1 amide bonds. The Morgan fingerprint density at radius 3 is 2.96 bits per heavy atom. The Kier molecular flexibility index (Phi) is 4.19. The minimum absolute atomic E-state index is 0.0231. The number of nitrogens with zero attached hydrogens (tertiary/aromatic N) is 4. The van der Waals surface area contributed by atoms with E-state index < -0.39 is 0 Å². The first-order chi connectivity index (χ1) is 13.3. The van der Waals surface area contributed by atoms with E-state index in [2.05, 4.69) is 14.8 Å². The highest BCUT2D eigenvalue weighted by Gasteiger charge is 2.36. The average Bonchev–Trinajstić information content (AvgIpc) is 3.27. The molecule has 1 atom stereocenters. The molecule has 140 valence electrons. The molecule has 5 rings (SSSR count). The normalized spacial score (nSPS) is 21.7. The van der Waals surface area contributed by atoms with Gasteiger partial charge in [0.15, 0.2) is 5.82 Å². The van der Waals surface area contributed by atoms with Gasteiger partial charge in [0.25, 0.3) is 5.91 Å². The van der Waals surface area contributed by atoms with Crippen LogP contribution in [0.15, 0.2) is 29.8 Å². The second-order valence-corrected chi connectivity index (χ2v) is 7.59. The number of fused-ring (bicyclic) bond motifs is 2. The number of carbonyl (C=O) groups excluding carboxylic acids is 1. The molecule has 0 saturated carbocycles. The van der Waals surface area contributed by atoms with E-state index in [1.807, 2.05) is 35.2 Å². The Bertz CT molecular complexity index is 901. The Balaban J connectivity index is 1.43. The molecule has 1 aromatic carbocycles. The fraction of sp³-hybridized carbons (Fsp3) is 0.476. The highest BCUT2D eigenvalue weighted by atomic mass is 16.5. The molecule has 6 nitrogen and oxygen atoms in total. The SMILES string of the molecule is O=C(C1=Cc2ccccc2OC1)N1CCCC1c1nnc2n1CCCCC2. The van der Waals surface area contributed by atoms with Crippen LogP contribution in [0.4, 0.5) is 0 Å². The number of carbonyl (C=O) groups is 1. The quantitative estimate of drug-likeness (QED) is 0.821. The lowest BCUT2D eigenvalue weighted by Crippen LogP contribution is -2.35. The number of ether oxygens (including phenoxy) is 1. The van der Waals surface area contributed by atoms with Crippen LogP contribution in [0, 0.1) is 0 Å². The van der Waals surface area contributed by atoms with Crippen LogP contribution in [0.1, 0.15) is 55.4 Å². The zero-order valence-electron chi connectivity index (χ0n) is 15.4. The maximum atomic E-state index is 13.3. The number of likely N-dealkylation sites (tertiary alicyclic amines) is 1. The van der Waals surface area contributed by atoms with Gasteiger partial charge in [-0.3, -0.25) is 4.79 Å². The number of para-hydroxylation sites is 1. The summed E-state index contributed by atoms with van der Waals surface area (Å²) in [7, 11) is 0. The fourth-order valence-electron chi connectivity index (χ4n) is 4.46. The number of hydrogen-bond donors (Lipinski definition) is 0. The van der Waals surface area contributed by atoms with Crippen molar-refractivity contribution in [2.45, 2.75) is 51.1 Å². The second-order valence-electron chi connectivity index (χ2n) is 7.59. The lowest BCUT2D eigenvalue weighted by atomic mass is 10.1. The predicted octanol–water partition coefficient (Wildman–Crippen LogP) is 3.14. The monoisotopic (exact) mass is 364 g/mol. The van der Waals surface area contributed by atoms with Crippen LogP contribution in [-0.4, -0.2) is 38.7 Å². The molecule has 0 aliphatic carbocycles. The molecule has 2 aromatic rings. The summed E-state index contributed by atoms with van der Waals surface area (Å²) < 4.78 is 8.07. The van der Waals surface area contributed by atoms with Crippen LogP contribution in [0.3, 0.4) is 0 Å². The van der Waals surface area contributed by atoms with E-state index in [4.69, 9.17) is 4.74 Å². The zero-order chi connectivity index (χ0) is 18.2. The minimum Gasteiger partial charge on any atom is -0.488 e. The molecule has 1 fully saturated rings. The van der Waals surface area contributed by atoms with Gasteiger partial charge in [-0.2, -0.15) is 0 Å². The molecule has 1 unspecified atom stereocenters. The van der Waals surface area contributed by atoms with Gasteiger partial charge in [0.1, 0.15) is 18.2 Å². The molecule has 3 aliphatic rings. The second kappa shape index (κ2) is 6.83. The first-order valence-electron chi connectivity index (χ1n) is 9.96. The smallest absolute Gasteiger partial charge is 0.253 e. The number of hydrogen-bond acceptors (Lipinski definition) is 4. The van der Waals surface area contributed by atoms with Crippen molar-refractivity contribution in [3.63, 3.8) is 0 Å². The summed E-state index contributed by atoms with van der Waals surface area (Å²) in [5.41, 5.74) is 1.69. The summed E-state index contributed by atoms with van der Waals surface area (Å²) in [5, 5.41) is 8.94. The van der Waals surface area contributed by atoms with E-state index >= 15 is 0 Å². The summed E-state index contributed by atoms with van der Waals surface area (Å²) in [5.74, 6) is 2.96. The van der Waals surface area contributed by atoms with Gasteiger partial charge in [0, 0.05) is 25.1 Å². The molecule has 6 heteroatoms. The summed E-state index contributed by atoms with van der Waals surface area (Å²) >= 11 is 0. The van der Waals surface area contributed by atoms with Crippen molar-refractivity contribution in [2.75, 3.05) is 13.2 Å². The summed E-state index contributed by atoms with van der Waals surface area (Å²) in [4.78, 5) is 15.2. The number of aryl methyl sites for hydroxylation is 1. The third kappa shape index (κ3) is 2.93. The van der Waals surface area contributed by atoms with Gasteiger partial charge in [0.2, 0.25) is 0 Å². The van der Waals surface area contributed by atoms with Crippen molar-refractivity contribution < 1.29 is 9.53 Å². The van der Waals surface area contributed by atoms with Gasteiger partial charge in [0.05, 0.1) is 11.6 Å². The molecule has 0 bridgehead atoms. The first kappa shape index (κ1) is 16.5. The van der Waals surface area contributed by atoms with Crippen molar-refractivity contribution in [3.8, 4) is 5.75 Å². The first-order valence-corrected chi connectivity index (χ1v) is 9.96. The van der Waals surface area contributed by atoms with Crippen LogP contribution >= 0.6 is 0 Å². The van der Waals surface area contributed by atoms with Crippen molar-refractivity contribution in [1.29, 1.82) is 0 Å². The van der Waals surface area contributed by atoms with E-state index in [9.17, 15) is 4.79 Å². The van der Waals surface area contributed by atoms with Gasteiger partial charge in [-0.05, 0) is 37.8 Å². The Morgan fingerprint density at radius 1 is 1.07 bits per heavy atom. The van der Waals surface area contributed by atoms with E-state index in [-0.39, 0.29) is 11.9 Å². The number of rotatable bonds is 2. The lowest BCUT2D eigenvalue weighted by molar-refractivity contribution is -0.128. The minimum atomic E-state index is 0.0231. The Morgan fingerprint density at radius 2 is 2.00 bits per heavy atom. The molecule has 3 aliphatic heterocycles. The summed E-state index contributed by atoms with van der Waals surface area (Å²) in [6.45, 7) is 2.07. The van der Waals surface area contributed by atoms with Crippen molar-refractivity contribution in [1.82, 2.24) is 19.7 Å². The highest BCUT2D eigenvalue weighted by Crippen LogP contribution is 2.35. The van der Waals surface area contributed by atoms with E-state index in [1.165, 1.54) is 12.8 Å². The van der Waals surface area contributed by atoms with Gasteiger partial charge >= 0.3 is 0 Å². The van der Waals surface area contributed by atoms with E-state index in [1.54, 1.807) is 0 Å². The maximum absolute atomic E-state index is 13.3. The molecule has 0 radical (unpaired) electrons. The van der Waals surface area contributed by atoms with Crippen molar-refractivity contribution >= 4 is 12.0 Å². The van der Waals surface area contributed by atoms with Gasteiger partial charge < -0.3 is 14.2 Å². The molecule has 0 spiro atoms. The number of amides is 1. The number of aromatic nitrogens is 3. The van der Waals surface area contributed by atoms with E-state index in [0.29, 0.717) is 6.61 Å². The summed E-state index contributed by atoms with van der Waals surface area (Å²) in [6, 6.07) is 7.87. The van der Waals surface area contributed by atoms with Gasteiger partial charge in [-0.25, -0.2) is 0 Å². The van der Waals surface area contributed by atoms with Crippen molar-refractivity contribution in [3.05, 3.63) is 47.1 Å². The topological polar surface area (TPSA) is 60.2 Å². The fourth-order valence-corrected chi connectivity index (χ4v) is 4.46. The maximum Gasteiger partial charge on any atom is 0.253 e. The molecular formula is C21H24N4O2. The Labute approximate surface area is 158 Å². The molecule has 0 N–H and O–H groups in total. The van der Waals surface area contributed by atoms with Gasteiger partial charge in [-0.15, -0.1) is 10.2 Å². The molecule has 1 saturated heterocycles. The molecule has 1 aromatic heterocycles. The van der Waals surface area contributed by atoms with Crippen molar-refractivity contribution in [2.24, 2.45) is 0 Å². The van der Waals surface area contributed by atoms with Crippen LogP contribution in [-0.2, 0) is 17.8 Å². The van der Waals surface area contributed by atoms with Crippen LogP contribution in [0.2, 0.25) is 0 Å². The lowest BCUT2D eigenvalue weighted by Gasteiger charge is -2.27. The number of benzene rings is 1. The van der Waals surface area contributed by atoms with Crippen LogP contribution in [0.5, 0.6) is 5.75 Å². The molecule has 4 heterocycles. The molecule has 27 heavy (non-hydrogen) atoms. The predicted molar refractivity (Wildman–Crippen MR) is 101 cm³/mol. The van der Waals surface area contributed by atoms with Gasteiger partial charge in [-0.1, -0.05) is 24.6 Å². The largest absolute Gasteiger partial charge is 0.488 e. The zero-order valence-corrected chi connectivity index (χ0v) is 15.4. The highest BCUT2D eigenvalue weighted by molar-refractivity contribution is 5.99.